The van der Waals surface area contributed by atoms with Gasteiger partial charge in [0.05, 0.1) is 0 Å². The van der Waals surface area contributed by atoms with Gasteiger partial charge in [-0.15, -0.1) is 0 Å². The van der Waals surface area contributed by atoms with E-state index in [4.69, 9.17) is 0 Å². The average Bonchev–Trinajstić information content (AvgIpc) is 1.61. The van der Waals surface area contributed by atoms with E-state index in [0.29, 0.717) is 18.6 Å². The Morgan fingerprint density at radius 3 is 2.17 bits per heavy atom. The van der Waals surface area contributed by atoms with E-state index in [-0.39, 0.29) is 0 Å². The normalized spacial score (nSPS) is 9.67. The van der Waals surface area contributed by atoms with Crippen LogP contribution in [0.2, 0.25) is 9.62 Å². The third kappa shape index (κ3) is 4.69. The summed E-state index contributed by atoms with van der Waals surface area (Å²) in [6, 6.07) is 0. The van der Waals surface area contributed by atoms with E-state index in [1.54, 1.807) is 0 Å². The zero-order valence-corrected chi connectivity index (χ0v) is 6.71. The molecule has 0 bridgehead atoms. The Kier molecular flexibility index (Phi) is 6.34. The molecule has 0 fully saturated rings. The number of hydrogen-bond acceptors (Lipinski definition) is 0. The molecular weight excluding hydrogens is 255 g/mol. The molecule has 0 atom stereocenters. The Bertz CT molecular complexity index is 15.9. The van der Waals surface area contributed by atoms with Crippen molar-refractivity contribution in [3.05, 3.63) is 0 Å². The molecule has 0 heterocycles. The van der Waals surface area contributed by atoms with Gasteiger partial charge in [0, 0.05) is 0 Å². The molecule has 0 aromatic heterocycles. The number of hydrogen-bond donors (Lipinski definition) is 0. The van der Waals surface area contributed by atoms with Crippen LogP contribution >= 0.6 is 0 Å². The standard InChI is InChI=1S/C3H7.C2H5.Pt/c1-3-2;1-2;/h1,3H2,2H3;1H2,2H3;. The van der Waals surface area contributed by atoms with Crippen molar-refractivity contribution < 1.29 is 18.6 Å². The van der Waals surface area contributed by atoms with Crippen LogP contribution < -0.4 is 0 Å². The molecule has 0 aliphatic heterocycles. The van der Waals surface area contributed by atoms with Gasteiger partial charge in [-0.05, 0) is 0 Å². The van der Waals surface area contributed by atoms with Crippen molar-refractivity contribution in [1.82, 2.24) is 0 Å². The molecule has 0 spiro atoms. The minimum atomic E-state index is 0.620. The third-order valence-corrected chi connectivity index (χ3v) is 3.50. The van der Waals surface area contributed by atoms with Crippen LogP contribution in [0, 0.1) is 0 Å². The molecule has 0 aromatic rings. The quantitative estimate of drug-likeness (QED) is 0.688. The summed E-state index contributed by atoms with van der Waals surface area (Å²) in [5.41, 5.74) is 0. The predicted molar refractivity (Wildman–Crippen MR) is 25.6 cm³/mol. The molecule has 0 nitrogen and oxygen atoms in total. The topological polar surface area (TPSA) is 0 Å². The Balaban J connectivity index is 2.34. The molecule has 0 aliphatic rings. The van der Waals surface area contributed by atoms with Crippen LogP contribution in [0.25, 0.3) is 0 Å². The summed E-state index contributed by atoms with van der Waals surface area (Å²) in [6.45, 7) is 4.54. The van der Waals surface area contributed by atoms with Crippen molar-refractivity contribution >= 4 is 0 Å². The van der Waals surface area contributed by atoms with Gasteiger partial charge in [-0.1, -0.05) is 0 Å². The Morgan fingerprint density at radius 1 is 1.33 bits per heavy atom. The van der Waals surface area contributed by atoms with Gasteiger partial charge in [0.1, 0.15) is 0 Å². The molecule has 0 saturated carbocycles. The van der Waals surface area contributed by atoms with Crippen LogP contribution in [-0.4, -0.2) is 0 Å². The molecule has 0 rings (SSSR count). The van der Waals surface area contributed by atoms with Crippen molar-refractivity contribution in [2.75, 3.05) is 0 Å². The maximum absolute atomic E-state index is 2.28. The van der Waals surface area contributed by atoms with Crippen molar-refractivity contribution in [3.63, 3.8) is 0 Å². The monoisotopic (exact) mass is 267 g/mol. The molecular formula is C5H12Pt. The fraction of sp³-hybridized carbons (Fsp3) is 1.00. The van der Waals surface area contributed by atoms with E-state index < -0.39 is 0 Å². The van der Waals surface area contributed by atoms with Gasteiger partial charge in [0.25, 0.3) is 0 Å². The van der Waals surface area contributed by atoms with E-state index >= 15 is 0 Å². The zero-order chi connectivity index (χ0) is 4.83. The van der Waals surface area contributed by atoms with Gasteiger partial charge < -0.3 is 0 Å². The Morgan fingerprint density at radius 2 is 2.00 bits per heavy atom. The average molecular weight is 267 g/mol. The fourth-order valence-electron chi connectivity index (χ4n) is 0.224. The van der Waals surface area contributed by atoms with E-state index in [1.807, 2.05) is 0 Å². The molecule has 0 aromatic carbocycles. The second-order valence-electron chi connectivity index (χ2n) is 1.04. The van der Waals surface area contributed by atoms with E-state index in [0.717, 1.165) is 0 Å². The van der Waals surface area contributed by atoms with E-state index in [1.165, 1.54) is 16.0 Å². The summed E-state index contributed by atoms with van der Waals surface area (Å²) >= 11 is 0.620. The number of rotatable bonds is 3. The Labute approximate surface area is 48.9 Å². The summed E-state index contributed by atoms with van der Waals surface area (Å²) < 4.78 is 0. The van der Waals surface area contributed by atoms with Crippen molar-refractivity contribution in [2.24, 2.45) is 0 Å². The fourth-order valence-corrected chi connectivity index (χ4v) is 1.83. The van der Waals surface area contributed by atoms with Gasteiger partial charge in [-0.2, -0.15) is 0 Å². The first-order chi connectivity index (χ1) is 2.91. The third-order valence-electron chi connectivity index (χ3n) is 0.428. The van der Waals surface area contributed by atoms with Gasteiger partial charge in [0.2, 0.25) is 0 Å². The van der Waals surface area contributed by atoms with Crippen molar-refractivity contribution in [2.45, 2.75) is 29.9 Å². The van der Waals surface area contributed by atoms with Crippen LogP contribution in [0.3, 0.4) is 0 Å². The van der Waals surface area contributed by atoms with Crippen LogP contribution in [0.5, 0.6) is 0 Å². The first-order valence-electron chi connectivity index (χ1n) is 2.36. The first kappa shape index (κ1) is 6.69. The Hall–Kier alpha value is 0.688. The van der Waals surface area contributed by atoms with Crippen molar-refractivity contribution in [3.8, 4) is 0 Å². The summed E-state index contributed by atoms with van der Waals surface area (Å²) in [6.07, 6.45) is 1.40. The molecule has 0 N–H and O–H groups in total. The molecule has 0 aliphatic carbocycles. The van der Waals surface area contributed by atoms with Gasteiger partial charge in [0.15, 0.2) is 0 Å². The minimum absolute atomic E-state index is 0.620. The van der Waals surface area contributed by atoms with Crippen LogP contribution in [-0.2, 0) is 18.6 Å². The molecule has 0 amide bonds. The van der Waals surface area contributed by atoms with Gasteiger partial charge in [-0.3, -0.25) is 0 Å². The predicted octanol–water partition coefficient (Wildman–Crippen LogP) is 2.34. The zero-order valence-electron chi connectivity index (χ0n) is 4.44. The summed E-state index contributed by atoms with van der Waals surface area (Å²) in [5.74, 6) is 0. The van der Waals surface area contributed by atoms with Gasteiger partial charge in [-0.25, -0.2) is 0 Å². The summed E-state index contributed by atoms with van der Waals surface area (Å²) in [4.78, 5) is 2.99. The second kappa shape index (κ2) is 5.69. The summed E-state index contributed by atoms with van der Waals surface area (Å²) in [5, 5.41) is 0. The van der Waals surface area contributed by atoms with Gasteiger partial charge >= 0.3 is 48.5 Å². The van der Waals surface area contributed by atoms with Crippen LogP contribution in [0.4, 0.5) is 0 Å². The molecule has 42 valence electrons. The molecule has 0 saturated heterocycles. The molecule has 1 heteroatoms. The molecule has 6 heavy (non-hydrogen) atoms. The van der Waals surface area contributed by atoms with E-state index in [2.05, 4.69) is 13.8 Å². The van der Waals surface area contributed by atoms with Crippen LogP contribution in [0.1, 0.15) is 20.3 Å². The van der Waals surface area contributed by atoms with Crippen molar-refractivity contribution in [1.29, 1.82) is 0 Å². The first-order valence-corrected chi connectivity index (χ1v) is 5.57. The second-order valence-corrected chi connectivity index (χ2v) is 4.92. The van der Waals surface area contributed by atoms with E-state index in [9.17, 15) is 0 Å². The SMILES string of the molecule is CC[CH2][Pt][CH2]C. The maximum atomic E-state index is 2.28. The van der Waals surface area contributed by atoms with Crippen LogP contribution in [0.15, 0.2) is 0 Å². The molecule has 0 unspecified atom stereocenters. The molecule has 0 radical (unpaired) electrons. The summed E-state index contributed by atoms with van der Waals surface area (Å²) in [7, 11) is 0.